The number of fused-ring (bicyclic) bond motifs is 1. The van der Waals surface area contributed by atoms with Gasteiger partial charge in [0, 0.05) is 39.0 Å². The molecule has 3 heterocycles. The molecule has 0 aliphatic carbocycles. The summed E-state index contributed by atoms with van der Waals surface area (Å²) in [6, 6.07) is 15.9. The van der Waals surface area contributed by atoms with E-state index in [1.165, 1.54) is 16.9 Å². The monoisotopic (exact) mass is 601 g/mol. The van der Waals surface area contributed by atoms with E-state index in [1.54, 1.807) is 23.1 Å². The first kappa shape index (κ1) is 29.8. The van der Waals surface area contributed by atoms with Gasteiger partial charge in [-0.1, -0.05) is 47.7 Å². The molecule has 0 saturated carbocycles. The predicted molar refractivity (Wildman–Crippen MR) is 160 cm³/mol. The van der Waals surface area contributed by atoms with E-state index >= 15 is 0 Å². The predicted octanol–water partition coefficient (Wildman–Crippen LogP) is 5.15. The summed E-state index contributed by atoms with van der Waals surface area (Å²) < 4.78 is 39.7. The van der Waals surface area contributed by atoms with Crippen molar-refractivity contribution in [3.63, 3.8) is 0 Å². The van der Waals surface area contributed by atoms with Crippen molar-refractivity contribution in [2.24, 2.45) is 0 Å². The van der Waals surface area contributed by atoms with E-state index in [4.69, 9.17) is 9.47 Å². The van der Waals surface area contributed by atoms with Crippen molar-refractivity contribution in [1.82, 2.24) is 14.2 Å². The number of aromatic nitrogens is 1. The second-order valence-corrected chi connectivity index (χ2v) is 14.7. The second kappa shape index (κ2) is 12.6. The van der Waals surface area contributed by atoms with Crippen molar-refractivity contribution >= 4 is 37.7 Å². The molecule has 2 aliphatic heterocycles. The molecule has 2 aliphatic rings. The molecule has 5 rings (SSSR count). The van der Waals surface area contributed by atoms with Crippen LogP contribution < -0.4 is 4.74 Å². The number of thiazole rings is 1. The van der Waals surface area contributed by atoms with Crippen LogP contribution in [0.25, 0.3) is 10.2 Å². The van der Waals surface area contributed by atoms with Crippen molar-refractivity contribution in [2.45, 2.75) is 70.2 Å². The average molecular weight is 602 g/mol. The second-order valence-electron chi connectivity index (χ2n) is 11.6. The fraction of sp³-hybridized carbons (Fsp3) is 0.533. The lowest BCUT2D eigenvalue weighted by atomic mass is 9.90. The molecular formula is C30H39N3O6S2. The third-order valence-electron chi connectivity index (χ3n) is 7.86. The molecule has 0 bridgehead atoms. The molecule has 9 nitrogen and oxygen atoms in total. The number of carbonyl (C=O) groups is 1. The maximum Gasteiger partial charge on any atom is 0.410 e. The highest BCUT2D eigenvalue weighted by Crippen LogP contribution is 2.35. The van der Waals surface area contributed by atoms with Gasteiger partial charge in [-0.2, -0.15) is 0 Å². The van der Waals surface area contributed by atoms with Crippen LogP contribution in [0.15, 0.2) is 48.5 Å². The van der Waals surface area contributed by atoms with E-state index in [0.29, 0.717) is 31.4 Å². The largest absolute Gasteiger partial charge is 0.467 e. The van der Waals surface area contributed by atoms with Crippen molar-refractivity contribution in [3.8, 4) is 5.19 Å². The lowest BCUT2D eigenvalue weighted by molar-refractivity contribution is 0.0638. The highest BCUT2D eigenvalue weighted by Gasteiger charge is 2.30. The molecule has 2 aromatic carbocycles. The Morgan fingerprint density at radius 2 is 1.76 bits per heavy atom. The van der Waals surface area contributed by atoms with E-state index in [0.717, 1.165) is 41.5 Å². The third kappa shape index (κ3) is 7.97. The number of nitrogens with zero attached hydrogens (tertiary/aromatic N) is 3. The van der Waals surface area contributed by atoms with Crippen LogP contribution in [0, 0.1) is 0 Å². The minimum absolute atomic E-state index is 0.00380. The number of amides is 1. The first-order valence-electron chi connectivity index (χ1n) is 14.3. The van der Waals surface area contributed by atoms with Gasteiger partial charge in [-0.05, 0) is 62.3 Å². The van der Waals surface area contributed by atoms with Gasteiger partial charge in [0.2, 0.25) is 10.0 Å². The van der Waals surface area contributed by atoms with Gasteiger partial charge in [-0.3, -0.25) is 0 Å². The summed E-state index contributed by atoms with van der Waals surface area (Å²) in [5.74, 6) is 0.256. The van der Waals surface area contributed by atoms with Gasteiger partial charge in [0.1, 0.15) is 12.7 Å². The van der Waals surface area contributed by atoms with Crippen LogP contribution in [0.1, 0.15) is 63.0 Å². The number of ether oxygens (including phenoxy) is 2. The molecule has 0 unspecified atom stereocenters. The molecule has 11 heteroatoms. The Labute approximate surface area is 246 Å². The topological polar surface area (TPSA) is 109 Å². The summed E-state index contributed by atoms with van der Waals surface area (Å²) in [5, 5.41) is 10.6. The molecular weight excluding hydrogens is 562 g/mol. The molecule has 3 aromatic rings. The zero-order chi connectivity index (χ0) is 29.0. The molecule has 2 saturated heterocycles. The van der Waals surface area contributed by atoms with Crippen LogP contribution in [-0.2, 0) is 21.4 Å². The Morgan fingerprint density at radius 1 is 1.05 bits per heavy atom. The van der Waals surface area contributed by atoms with Gasteiger partial charge in [0.25, 0.3) is 5.19 Å². The fourth-order valence-corrected chi connectivity index (χ4v) is 8.02. The normalized spacial score (nSPS) is 18.1. The van der Waals surface area contributed by atoms with Crippen LogP contribution >= 0.6 is 11.3 Å². The minimum atomic E-state index is -3.37. The Morgan fingerprint density at radius 3 is 2.44 bits per heavy atom. The molecule has 0 radical (unpaired) electrons. The number of hydrogen-bond donors (Lipinski definition) is 1. The van der Waals surface area contributed by atoms with E-state index in [1.807, 2.05) is 36.4 Å². The van der Waals surface area contributed by atoms with Crippen LogP contribution in [0.2, 0.25) is 0 Å². The van der Waals surface area contributed by atoms with Gasteiger partial charge in [0.15, 0.2) is 0 Å². The molecule has 41 heavy (non-hydrogen) atoms. The van der Waals surface area contributed by atoms with Crippen molar-refractivity contribution in [2.75, 3.05) is 31.9 Å². The lowest BCUT2D eigenvalue weighted by Crippen LogP contribution is -2.42. The van der Waals surface area contributed by atoms with Crippen LogP contribution in [0.4, 0.5) is 4.79 Å². The molecule has 1 N–H and O–H groups in total. The molecule has 1 aromatic heterocycles. The van der Waals surface area contributed by atoms with E-state index in [2.05, 4.69) is 17.1 Å². The van der Waals surface area contributed by atoms with Crippen molar-refractivity contribution in [3.05, 3.63) is 59.7 Å². The Hall–Kier alpha value is -2.73. The first-order chi connectivity index (χ1) is 19.6. The van der Waals surface area contributed by atoms with Crippen LogP contribution in [0.5, 0.6) is 5.19 Å². The molecule has 222 valence electrons. The highest BCUT2D eigenvalue weighted by atomic mass is 32.2. The number of rotatable bonds is 9. The summed E-state index contributed by atoms with van der Waals surface area (Å²) in [7, 11) is -3.37. The van der Waals surface area contributed by atoms with E-state index in [9.17, 15) is 18.3 Å². The maximum atomic E-state index is 12.7. The number of hydrogen-bond acceptors (Lipinski definition) is 8. The number of sulfonamides is 1. The van der Waals surface area contributed by atoms with Gasteiger partial charge in [0.05, 0.1) is 21.6 Å². The smallest absolute Gasteiger partial charge is 0.410 e. The quantitative estimate of drug-likeness (QED) is 0.361. The third-order valence-corrected chi connectivity index (χ3v) is 10.6. The van der Waals surface area contributed by atoms with Gasteiger partial charge in [-0.25, -0.2) is 22.5 Å². The van der Waals surface area contributed by atoms with Crippen molar-refractivity contribution < 1.29 is 27.8 Å². The summed E-state index contributed by atoms with van der Waals surface area (Å²) in [6.07, 6.45) is 2.90. The summed E-state index contributed by atoms with van der Waals surface area (Å²) >= 11 is 1.53. The SMILES string of the molecule is CC(C)(O)CCS(=O)(=O)N1CCC(c2ccc3nc(OC4CCN(C(=O)OCc5ccccc5)CC4)sc3c2)CC1. The number of aliphatic hydroxyl groups is 1. The fourth-order valence-electron chi connectivity index (χ4n) is 5.31. The summed E-state index contributed by atoms with van der Waals surface area (Å²) in [5.41, 5.74) is 2.06. The lowest BCUT2D eigenvalue weighted by Gasteiger charge is -2.32. The standard InChI is InChI=1S/C30H39N3O6S2/c1-30(2,35)14-19-41(36,37)33-17-10-23(11-18-33)24-8-9-26-27(20-24)40-28(31-26)39-25-12-15-32(16-13-25)29(34)38-21-22-6-4-3-5-7-22/h3-9,20,23,25,35H,10-19,21H2,1-2H3. The van der Waals surface area contributed by atoms with Gasteiger partial charge >= 0.3 is 6.09 Å². The molecule has 0 atom stereocenters. The zero-order valence-corrected chi connectivity index (χ0v) is 25.3. The number of piperidine rings is 2. The molecule has 1 amide bonds. The Balaban J connectivity index is 1.10. The Bertz CT molecular complexity index is 1420. The van der Waals surface area contributed by atoms with Gasteiger partial charge < -0.3 is 19.5 Å². The van der Waals surface area contributed by atoms with E-state index in [-0.39, 0.29) is 36.9 Å². The average Bonchev–Trinajstić information content (AvgIpc) is 3.37. The van der Waals surface area contributed by atoms with Gasteiger partial charge in [-0.15, -0.1) is 0 Å². The molecule has 0 spiro atoms. The number of likely N-dealkylation sites (tertiary alicyclic amines) is 1. The number of carbonyl (C=O) groups excluding carboxylic acids is 1. The summed E-state index contributed by atoms with van der Waals surface area (Å²) in [6.45, 7) is 5.69. The maximum absolute atomic E-state index is 12.7. The molecule has 2 fully saturated rings. The van der Waals surface area contributed by atoms with E-state index < -0.39 is 15.6 Å². The van der Waals surface area contributed by atoms with Crippen molar-refractivity contribution in [1.29, 1.82) is 0 Å². The number of benzene rings is 2. The minimum Gasteiger partial charge on any atom is -0.467 e. The zero-order valence-electron chi connectivity index (χ0n) is 23.7. The first-order valence-corrected chi connectivity index (χ1v) is 16.7. The highest BCUT2D eigenvalue weighted by molar-refractivity contribution is 7.89. The summed E-state index contributed by atoms with van der Waals surface area (Å²) in [4.78, 5) is 18.9. The Kier molecular flexibility index (Phi) is 9.18. The van der Waals surface area contributed by atoms with Crippen LogP contribution in [0.3, 0.4) is 0 Å². The van der Waals surface area contributed by atoms with Crippen LogP contribution in [-0.4, -0.2) is 77.4 Å².